The Kier molecular flexibility index (Phi) is 4.57. The van der Waals surface area contributed by atoms with Crippen molar-refractivity contribution < 1.29 is 4.74 Å². The van der Waals surface area contributed by atoms with E-state index in [2.05, 4.69) is 41.9 Å². The lowest BCUT2D eigenvalue weighted by atomic mass is 9.69. The summed E-state index contributed by atoms with van der Waals surface area (Å²) in [5.41, 5.74) is 7.86. The summed E-state index contributed by atoms with van der Waals surface area (Å²) in [5, 5.41) is 0. The van der Waals surface area contributed by atoms with Gasteiger partial charge in [-0.2, -0.15) is 0 Å². The molecule has 0 heterocycles. The predicted molar refractivity (Wildman–Crippen MR) is 83.5 cm³/mol. The molecular formula is C16H24BrNO. The maximum absolute atomic E-state index is 6.62. The summed E-state index contributed by atoms with van der Waals surface area (Å²) in [6.45, 7) is 4.67. The van der Waals surface area contributed by atoms with Crippen molar-refractivity contribution in [2.24, 2.45) is 17.6 Å². The molecule has 0 spiro atoms. The number of hydrogen-bond donors (Lipinski definition) is 1. The van der Waals surface area contributed by atoms with E-state index in [0.29, 0.717) is 0 Å². The van der Waals surface area contributed by atoms with E-state index in [4.69, 9.17) is 10.5 Å². The molecule has 1 aromatic carbocycles. The monoisotopic (exact) mass is 325 g/mol. The predicted octanol–water partition coefficient (Wildman–Crippen LogP) is 4.15. The largest absolute Gasteiger partial charge is 0.496 e. The smallest absolute Gasteiger partial charge is 0.133 e. The molecule has 0 aromatic heterocycles. The van der Waals surface area contributed by atoms with Crippen LogP contribution < -0.4 is 10.5 Å². The van der Waals surface area contributed by atoms with Gasteiger partial charge in [-0.1, -0.05) is 19.9 Å². The van der Waals surface area contributed by atoms with Crippen molar-refractivity contribution in [3.8, 4) is 5.75 Å². The molecule has 1 aromatic rings. The van der Waals surface area contributed by atoms with Crippen LogP contribution in [0.25, 0.3) is 0 Å². The first-order chi connectivity index (χ1) is 8.93. The fourth-order valence-electron chi connectivity index (χ4n) is 3.13. The second-order valence-electron chi connectivity index (χ2n) is 6.21. The van der Waals surface area contributed by atoms with E-state index in [1.165, 1.54) is 12.0 Å². The molecule has 0 amide bonds. The zero-order valence-electron chi connectivity index (χ0n) is 12.1. The topological polar surface area (TPSA) is 35.2 Å². The Morgan fingerprint density at radius 2 is 2.11 bits per heavy atom. The summed E-state index contributed by atoms with van der Waals surface area (Å²) >= 11 is 3.55. The van der Waals surface area contributed by atoms with Gasteiger partial charge in [-0.15, -0.1) is 0 Å². The molecule has 1 saturated carbocycles. The van der Waals surface area contributed by atoms with Crippen molar-refractivity contribution in [1.82, 2.24) is 0 Å². The van der Waals surface area contributed by atoms with Crippen LogP contribution in [0.3, 0.4) is 0 Å². The van der Waals surface area contributed by atoms with E-state index in [1.54, 1.807) is 7.11 Å². The van der Waals surface area contributed by atoms with E-state index in [-0.39, 0.29) is 5.54 Å². The van der Waals surface area contributed by atoms with Crippen molar-refractivity contribution in [2.45, 2.75) is 45.1 Å². The molecule has 106 valence electrons. The lowest BCUT2D eigenvalue weighted by Crippen LogP contribution is -2.47. The third kappa shape index (κ3) is 3.51. The number of methoxy groups -OCH3 is 1. The van der Waals surface area contributed by atoms with Gasteiger partial charge in [0.25, 0.3) is 0 Å². The highest BCUT2D eigenvalue weighted by molar-refractivity contribution is 9.10. The second-order valence-corrected chi connectivity index (χ2v) is 7.06. The molecule has 2 nitrogen and oxygen atoms in total. The Morgan fingerprint density at radius 1 is 1.37 bits per heavy atom. The molecule has 3 unspecified atom stereocenters. The molecule has 2 rings (SSSR count). The van der Waals surface area contributed by atoms with Crippen LogP contribution in [0.5, 0.6) is 5.75 Å². The highest BCUT2D eigenvalue weighted by atomic mass is 79.9. The second kappa shape index (κ2) is 5.84. The summed E-state index contributed by atoms with van der Waals surface area (Å²) in [4.78, 5) is 0. The molecule has 3 heteroatoms. The van der Waals surface area contributed by atoms with Gasteiger partial charge in [0.05, 0.1) is 11.6 Å². The van der Waals surface area contributed by atoms with Crippen LogP contribution in [-0.2, 0) is 6.42 Å². The third-order valence-electron chi connectivity index (χ3n) is 4.57. The number of halogens is 1. The van der Waals surface area contributed by atoms with Crippen molar-refractivity contribution in [2.75, 3.05) is 7.11 Å². The molecule has 1 fully saturated rings. The van der Waals surface area contributed by atoms with Crippen molar-refractivity contribution in [3.05, 3.63) is 28.2 Å². The summed E-state index contributed by atoms with van der Waals surface area (Å²) in [6.07, 6.45) is 4.45. The summed E-state index contributed by atoms with van der Waals surface area (Å²) in [6, 6.07) is 6.27. The van der Waals surface area contributed by atoms with Gasteiger partial charge in [0.2, 0.25) is 0 Å². The third-order valence-corrected chi connectivity index (χ3v) is 5.19. The van der Waals surface area contributed by atoms with Crippen molar-refractivity contribution >= 4 is 15.9 Å². The van der Waals surface area contributed by atoms with Gasteiger partial charge in [-0.3, -0.25) is 0 Å². The van der Waals surface area contributed by atoms with Gasteiger partial charge in [-0.05, 0) is 71.1 Å². The van der Waals surface area contributed by atoms with E-state index >= 15 is 0 Å². The van der Waals surface area contributed by atoms with Gasteiger partial charge < -0.3 is 10.5 Å². The van der Waals surface area contributed by atoms with E-state index in [9.17, 15) is 0 Å². The number of hydrogen-bond acceptors (Lipinski definition) is 2. The van der Waals surface area contributed by atoms with Crippen molar-refractivity contribution in [1.29, 1.82) is 0 Å². The normalized spacial score (nSPS) is 31.2. The number of rotatable bonds is 3. The fraction of sp³-hybridized carbons (Fsp3) is 0.625. The lowest BCUT2D eigenvalue weighted by molar-refractivity contribution is 0.176. The lowest BCUT2D eigenvalue weighted by Gasteiger charge is -2.40. The summed E-state index contributed by atoms with van der Waals surface area (Å²) < 4.78 is 6.28. The Morgan fingerprint density at radius 3 is 2.68 bits per heavy atom. The number of nitrogens with two attached hydrogens (primary N) is 1. The maximum Gasteiger partial charge on any atom is 0.133 e. The van der Waals surface area contributed by atoms with Crippen LogP contribution in [0.4, 0.5) is 0 Å². The highest BCUT2D eigenvalue weighted by Crippen LogP contribution is 2.37. The Balaban J connectivity index is 2.10. The average Bonchev–Trinajstić information content (AvgIpc) is 2.34. The molecule has 0 radical (unpaired) electrons. The van der Waals surface area contributed by atoms with Crippen molar-refractivity contribution in [3.63, 3.8) is 0 Å². The highest BCUT2D eigenvalue weighted by Gasteiger charge is 2.34. The number of ether oxygens (including phenoxy) is 1. The van der Waals surface area contributed by atoms with Gasteiger partial charge >= 0.3 is 0 Å². The SMILES string of the molecule is COc1ccc(CC2(N)CCC(C)C(C)C2)cc1Br. The van der Waals surface area contributed by atoms with Crippen LogP contribution in [0.15, 0.2) is 22.7 Å². The van der Waals surface area contributed by atoms with Crippen LogP contribution in [0.1, 0.15) is 38.7 Å². The van der Waals surface area contributed by atoms with Gasteiger partial charge in [0, 0.05) is 5.54 Å². The molecule has 19 heavy (non-hydrogen) atoms. The van der Waals surface area contributed by atoms with Crippen LogP contribution in [0, 0.1) is 11.8 Å². The molecule has 3 atom stereocenters. The quantitative estimate of drug-likeness (QED) is 0.905. The van der Waals surface area contributed by atoms with Crippen LogP contribution in [-0.4, -0.2) is 12.6 Å². The van der Waals surface area contributed by atoms with Gasteiger partial charge in [0.15, 0.2) is 0 Å². The zero-order chi connectivity index (χ0) is 14.0. The van der Waals surface area contributed by atoms with E-state index in [1.807, 2.05) is 6.07 Å². The Bertz CT molecular complexity index is 448. The first-order valence-corrected chi connectivity index (χ1v) is 7.84. The molecular weight excluding hydrogens is 302 g/mol. The number of benzene rings is 1. The van der Waals surface area contributed by atoms with E-state index in [0.717, 1.165) is 41.3 Å². The molecule has 1 aliphatic rings. The standard InChI is InChI=1S/C16H24BrNO/c1-11-6-7-16(18,9-12(11)2)10-13-4-5-15(19-3)14(17)8-13/h4-5,8,11-12H,6-7,9-10,18H2,1-3H3. The summed E-state index contributed by atoms with van der Waals surface area (Å²) in [7, 11) is 1.69. The molecule has 2 N–H and O–H groups in total. The minimum atomic E-state index is -0.0417. The van der Waals surface area contributed by atoms with Crippen LogP contribution in [0.2, 0.25) is 0 Å². The molecule has 0 saturated heterocycles. The maximum atomic E-state index is 6.62. The Hall–Kier alpha value is -0.540. The minimum absolute atomic E-state index is 0.0417. The van der Waals surface area contributed by atoms with E-state index < -0.39 is 0 Å². The zero-order valence-corrected chi connectivity index (χ0v) is 13.7. The molecule has 0 bridgehead atoms. The molecule has 0 aliphatic heterocycles. The van der Waals surface area contributed by atoms with Gasteiger partial charge in [0.1, 0.15) is 5.75 Å². The van der Waals surface area contributed by atoms with Gasteiger partial charge in [-0.25, -0.2) is 0 Å². The van der Waals surface area contributed by atoms with Crippen LogP contribution >= 0.6 is 15.9 Å². The average molecular weight is 326 g/mol. The molecule has 1 aliphatic carbocycles. The first-order valence-electron chi connectivity index (χ1n) is 7.05. The Labute approximate surface area is 124 Å². The first kappa shape index (κ1) is 14.9. The minimum Gasteiger partial charge on any atom is -0.496 e. The summed E-state index contributed by atoms with van der Waals surface area (Å²) in [5.74, 6) is 2.40. The fourth-order valence-corrected chi connectivity index (χ4v) is 3.72.